The summed E-state index contributed by atoms with van der Waals surface area (Å²) < 4.78 is 0. The second-order valence-corrected chi connectivity index (χ2v) is 5.61. The maximum Gasteiger partial charge on any atom is 0.0322 e. The highest BCUT2D eigenvalue weighted by molar-refractivity contribution is 5.31. The van der Waals surface area contributed by atoms with E-state index in [9.17, 15) is 0 Å². The molecule has 0 saturated heterocycles. The predicted octanol–water partition coefficient (Wildman–Crippen LogP) is 3.00. The quantitative estimate of drug-likeness (QED) is 0.634. The van der Waals surface area contributed by atoms with Crippen LogP contribution in [0.2, 0.25) is 0 Å². The minimum Gasteiger partial charge on any atom is -0.310 e. The summed E-state index contributed by atoms with van der Waals surface area (Å²) in [5.74, 6) is 0. The van der Waals surface area contributed by atoms with Crippen LogP contribution in [0.5, 0.6) is 0 Å². The fraction of sp³-hybridized carbons (Fsp3) is 0.625. The van der Waals surface area contributed by atoms with E-state index in [-0.39, 0.29) is 0 Å². The van der Waals surface area contributed by atoms with Crippen LogP contribution in [0.15, 0.2) is 24.3 Å². The number of aryl methyl sites for hydroxylation is 1. The third-order valence-electron chi connectivity index (χ3n) is 3.79. The van der Waals surface area contributed by atoms with E-state index in [0.717, 1.165) is 6.54 Å². The van der Waals surface area contributed by atoms with Gasteiger partial charge in [-0.15, -0.1) is 0 Å². The van der Waals surface area contributed by atoms with Gasteiger partial charge in [0, 0.05) is 6.04 Å². The van der Waals surface area contributed by atoms with Crippen molar-refractivity contribution in [1.29, 1.82) is 0 Å². The van der Waals surface area contributed by atoms with Crippen molar-refractivity contribution in [2.75, 3.05) is 27.2 Å². The van der Waals surface area contributed by atoms with Gasteiger partial charge in [-0.05, 0) is 64.0 Å². The predicted molar refractivity (Wildman–Crippen MR) is 77.9 cm³/mol. The molecule has 1 atom stereocenters. The Hall–Kier alpha value is -0.860. The number of rotatable bonds is 5. The third kappa shape index (κ3) is 3.82. The highest BCUT2D eigenvalue weighted by Gasteiger charge is 2.17. The average molecular weight is 246 g/mol. The van der Waals surface area contributed by atoms with Gasteiger partial charge in [-0.25, -0.2) is 0 Å². The first-order valence-corrected chi connectivity index (χ1v) is 7.23. The standard InChI is InChI=1S/C16H26N2/c1-18(2)13-7-12-17-16-11-6-4-9-14-8-3-5-10-15(14)16/h3,5,8,10,16-17H,4,6-7,9,11-13H2,1-2H3. The average Bonchev–Trinajstić information content (AvgIpc) is 2.57. The van der Waals surface area contributed by atoms with Crippen molar-refractivity contribution in [3.05, 3.63) is 35.4 Å². The third-order valence-corrected chi connectivity index (χ3v) is 3.79. The molecule has 1 aliphatic carbocycles. The van der Waals surface area contributed by atoms with Gasteiger partial charge in [0.1, 0.15) is 0 Å². The molecule has 0 amide bonds. The Morgan fingerprint density at radius 2 is 2.06 bits per heavy atom. The highest BCUT2D eigenvalue weighted by atomic mass is 15.1. The largest absolute Gasteiger partial charge is 0.310 e. The van der Waals surface area contributed by atoms with E-state index < -0.39 is 0 Å². The molecule has 0 aromatic heterocycles. The lowest BCUT2D eigenvalue weighted by molar-refractivity contribution is 0.383. The first kappa shape index (κ1) is 13.6. The molecule has 0 spiro atoms. The summed E-state index contributed by atoms with van der Waals surface area (Å²) in [4.78, 5) is 2.25. The topological polar surface area (TPSA) is 15.3 Å². The normalized spacial score (nSPS) is 19.6. The number of hydrogen-bond donors (Lipinski definition) is 1. The minimum atomic E-state index is 0.575. The van der Waals surface area contributed by atoms with Crippen LogP contribution in [0.25, 0.3) is 0 Å². The zero-order valence-corrected chi connectivity index (χ0v) is 11.8. The molecule has 100 valence electrons. The Morgan fingerprint density at radius 3 is 2.89 bits per heavy atom. The molecule has 0 bridgehead atoms. The molecule has 0 radical (unpaired) electrons. The minimum absolute atomic E-state index is 0.575. The Morgan fingerprint density at radius 1 is 1.22 bits per heavy atom. The summed E-state index contributed by atoms with van der Waals surface area (Å²) in [5.41, 5.74) is 3.10. The van der Waals surface area contributed by atoms with Gasteiger partial charge in [0.25, 0.3) is 0 Å². The van der Waals surface area contributed by atoms with Gasteiger partial charge in [0.15, 0.2) is 0 Å². The van der Waals surface area contributed by atoms with Crippen molar-refractivity contribution < 1.29 is 0 Å². The maximum absolute atomic E-state index is 3.75. The molecule has 2 nitrogen and oxygen atoms in total. The second-order valence-electron chi connectivity index (χ2n) is 5.61. The fourth-order valence-corrected chi connectivity index (χ4v) is 2.80. The molecule has 1 aromatic rings. The maximum atomic E-state index is 3.75. The van der Waals surface area contributed by atoms with Crippen molar-refractivity contribution in [1.82, 2.24) is 10.2 Å². The van der Waals surface area contributed by atoms with Crippen LogP contribution in [0, 0.1) is 0 Å². The molecule has 0 heterocycles. The van der Waals surface area contributed by atoms with Crippen molar-refractivity contribution >= 4 is 0 Å². The van der Waals surface area contributed by atoms with E-state index >= 15 is 0 Å². The van der Waals surface area contributed by atoms with Crippen LogP contribution in [0.3, 0.4) is 0 Å². The van der Waals surface area contributed by atoms with Crippen molar-refractivity contribution in [3.8, 4) is 0 Å². The van der Waals surface area contributed by atoms with Gasteiger partial charge < -0.3 is 10.2 Å². The molecule has 0 fully saturated rings. The SMILES string of the molecule is CN(C)CCCNC1CCCCc2ccccc21. The first-order chi connectivity index (χ1) is 8.77. The van der Waals surface area contributed by atoms with Crippen LogP contribution in [-0.4, -0.2) is 32.1 Å². The summed E-state index contributed by atoms with van der Waals surface area (Å²) in [6, 6.07) is 9.54. The van der Waals surface area contributed by atoms with Gasteiger partial charge in [-0.2, -0.15) is 0 Å². The van der Waals surface area contributed by atoms with Crippen LogP contribution in [0.1, 0.15) is 42.9 Å². The van der Waals surface area contributed by atoms with E-state index in [2.05, 4.69) is 48.6 Å². The van der Waals surface area contributed by atoms with Crippen molar-refractivity contribution in [2.45, 2.75) is 38.1 Å². The smallest absolute Gasteiger partial charge is 0.0322 e. The Bertz CT molecular complexity index is 360. The lowest BCUT2D eigenvalue weighted by atomic mass is 9.99. The molecule has 2 rings (SSSR count). The van der Waals surface area contributed by atoms with Crippen LogP contribution in [0.4, 0.5) is 0 Å². The highest BCUT2D eigenvalue weighted by Crippen LogP contribution is 2.28. The number of hydrogen-bond acceptors (Lipinski definition) is 2. The number of nitrogens with zero attached hydrogens (tertiary/aromatic N) is 1. The first-order valence-electron chi connectivity index (χ1n) is 7.23. The van der Waals surface area contributed by atoms with Gasteiger partial charge >= 0.3 is 0 Å². The molecular formula is C16H26N2. The lowest BCUT2D eigenvalue weighted by Crippen LogP contribution is -2.25. The summed E-state index contributed by atoms with van der Waals surface area (Å²) in [6.07, 6.45) is 6.46. The summed E-state index contributed by atoms with van der Waals surface area (Å²) in [7, 11) is 4.28. The van der Waals surface area contributed by atoms with Gasteiger partial charge in [-0.1, -0.05) is 30.7 Å². The number of fused-ring (bicyclic) bond motifs is 1. The molecule has 1 aromatic carbocycles. The summed E-state index contributed by atoms with van der Waals surface area (Å²) >= 11 is 0. The Kier molecular flexibility index (Phi) is 5.21. The van der Waals surface area contributed by atoms with Gasteiger partial charge in [0.05, 0.1) is 0 Å². The zero-order valence-electron chi connectivity index (χ0n) is 11.8. The van der Waals surface area contributed by atoms with Gasteiger partial charge in [-0.3, -0.25) is 0 Å². The van der Waals surface area contributed by atoms with Crippen molar-refractivity contribution in [2.24, 2.45) is 0 Å². The Labute approximate surface area is 111 Å². The number of benzene rings is 1. The molecular weight excluding hydrogens is 220 g/mol. The monoisotopic (exact) mass is 246 g/mol. The molecule has 0 aliphatic heterocycles. The molecule has 0 saturated carbocycles. The fourth-order valence-electron chi connectivity index (χ4n) is 2.80. The lowest BCUT2D eigenvalue weighted by Gasteiger charge is -2.20. The van der Waals surface area contributed by atoms with E-state index in [4.69, 9.17) is 0 Å². The second kappa shape index (κ2) is 6.91. The number of nitrogens with one attached hydrogen (secondary N) is 1. The van der Waals surface area contributed by atoms with E-state index in [0.29, 0.717) is 6.04 Å². The summed E-state index contributed by atoms with van der Waals surface area (Å²) in [6.45, 7) is 2.29. The molecule has 1 aliphatic rings. The van der Waals surface area contributed by atoms with Crippen LogP contribution < -0.4 is 5.32 Å². The molecule has 18 heavy (non-hydrogen) atoms. The molecule has 2 heteroatoms. The van der Waals surface area contributed by atoms with Gasteiger partial charge in [0.2, 0.25) is 0 Å². The molecule has 1 N–H and O–H groups in total. The van der Waals surface area contributed by atoms with Crippen LogP contribution in [-0.2, 0) is 6.42 Å². The molecule has 1 unspecified atom stereocenters. The summed E-state index contributed by atoms with van der Waals surface area (Å²) in [5, 5.41) is 3.75. The zero-order chi connectivity index (χ0) is 12.8. The van der Waals surface area contributed by atoms with Crippen LogP contribution >= 0.6 is 0 Å². The van der Waals surface area contributed by atoms with E-state index in [1.807, 2.05) is 0 Å². The van der Waals surface area contributed by atoms with E-state index in [1.165, 1.54) is 38.6 Å². The van der Waals surface area contributed by atoms with E-state index in [1.54, 1.807) is 11.1 Å². The Balaban J connectivity index is 1.91. The van der Waals surface area contributed by atoms with Crippen molar-refractivity contribution in [3.63, 3.8) is 0 Å².